The SMILES string of the molecule is CO[C@H]1[C@@H](C(=O)OCC[C@@H](NC(=O)[C@@H]2C[C@H]3C[C@H]3N2C(=O)Cn2cc(C(C)=O)c3ccccc32)c2cccc(Cl)c2F)N(C(=O)Cn2cc(C(C)=O)c3ccccc32)C[C@@H]1F. The molecule has 5 aromatic rings. The van der Waals surface area contributed by atoms with E-state index in [1.807, 2.05) is 24.3 Å². The molecule has 2 aliphatic heterocycles. The molecule has 61 heavy (non-hydrogen) atoms. The lowest BCUT2D eigenvalue weighted by molar-refractivity contribution is -0.157. The number of nitrogens with zero attached hydrogens (tertiary/aromatic N) is 4. The number of halogens is 3. The molecule has 3 fully saturated rings. The predicted octanol–water partition coefficient (Wildman–Crippen LogP) is 5.84. The number of aromatic nitrogens is 2. The van der Waals surface area contributed by atoms with Crippen molar-refractivity contribution in [3.63, 3.8) is 0 Å². The van der Waals surface area contributed by atoms with Gasteiger partial charge in [-0.05, 0) is 50.8 Å². The summed E-state index contributed by atoms with van der Waals surface area (Å²) in [5.41, 5.74) is 2.24. The molecule has 2 saturated heterocycles. The number of nitrogens with one attached hydrogen (secondary N) is 1. The number of piperidine rings is 1. The number of hydrogen-bond acceptors (Lipinski definition) is 8. The number of methoxy groups -OCH3 is 1. The maximum Gasteiger partial charge on any atom is 0.331 e. The van der Waals surface area contributed by atoms with E-state index in [9.17, 15) is 28.8 Å². The van der Waals surface area contributed by atoms with Gasteiger partial charge in [0.25, 0.3) is 0 Å². The topological polar surface area (TPSA) is 149 Å². The van der Waals surface area contributed by atoms with Crippen molar-refractivity contribution in [1.29, 1.82) is 0 Å². The van der Waals surface area contributed by atoms with Crippen molar-refractivity contribution in [3.8, 4) is 0 Å². The number of fused-ring (bicyclic) bond motifs is 3. The van der Waals surface area contributed by atoms with E-state index >= 15 is 8.78 Å². The Labute approximate surface area is 354 Å². The molecule has 0 bridgehead atoms. The van der Waals surface area contributed by atoms with Crippen LogP contribution in [0, 0.1) is 11.7 Å². The van der Waals surface area contributed by atoms with Crippen LogP contribution < -0.4 is 5.32 Å². The smallest absolute Gasteiger partial charge is 0.331 e. The summed E-state index contributed by atoms with van der Waals surface area (Å²) in [6, 6.07) is 15.1. The Hall–Kier alpha value is -5.93. The summed E-state index contributed by atoms with van der Waals surface area (Å²) in [6.07, 6.45) is 1.14. The Balaban J connectivity index is 0.973. The Morgan fingerprint density at radius 3 is 2.05 bits per heavy atom. The standard InChI is InChI=1S/C45H44ClF2N5O8/c1-24(54)30-19-50(35-13-6-4-9-27(30)35)22-39(56)52-21-33(47)43(60-3)42(52)45(59)61-16-15-34(29-11-8-12-32(46)41(29)48)49-44(58)38-18-26-17-37(26)53(38)40(57)23-51-20-31(25(2)55)28-10-5-7-14-36(28)51/h4-14,19-20,26,33-34,37-38,42-43H,15-18,21-23H2,1-3H3,(H,49,58)/t26-,33+,34-,37-,38+,42+,43-/m1/s1. The molecular weight excluding hydrogens is 812 g/mol. The van der Waals surface area contributed by atoms with Gasteiger partial charge in [-0.25, -0.2) is 13.6 Å². The zero-order valence-electron chi connectivity index (χ0n) is 33.7. The molecule has 3 amide bonds. The highest BCUT2D eigenvalue weighted by Crippen LogP contribution is 2.48. The summed E-state index contributed by atoms with van der Waals surface area (Å²) in [5.74, 6) is -3.41. The van der Waals surface area contributed by atoms with Crippen LogP contribution in [-0.2, 0) is 41.7 Å². The van der Waals surface area contributed by atoms with Gasteiger partial charge in [-0.1, -0.05) is 60.1 Å². The van der Waals surface area contributed by atoms with E-state index in [1.54, 1.807) is 50.7 Å². The van der Waals surface area contributed by atoms with Crippen molar-refractivity contribution < 1.29 is 47.0 Å². The second-order valence-corrected chi connectivity index (χ2v) is 16.4. The number of alkyl halides is 1. The number of ketones is 2. The van der Waals surface area contributed by atoms with Gasteiger partial charge >= 0.3 is 5.97 Å². The van der Waals surface area contributed by atoms with Crippen molar-refractivity contribution in [1.82, 2.24) is 24.3 Å². The Kier molecular flexibility index (Phi) is 11.5. The van der Waals surface area contributed by atoms with Gasteiger partial charge in [0.1, 0.15) is 37.2 Å². The molecule has 2 aromatic heterocycles. The van der Waals surface area contributed by atoms with Gasteiger partial charge in [0.05, 0.1) is 24.2 Å². The van der Waals surface area contributed by atoms with E-state index in [4.69, 9.17) is 21.1 Å². The van der Waals surface area contributed by atoms with Crippen LogP contribution in [0.3, 0.4) is 0 Å². The lowest BCUT2D eigenvalue weighted by Crippen LogP contribution is -2.50. The maximum atomic E-state index is 15.6. The third kappa shape index (κ3) is 7.92. The van der Waals surface area contributed by atoms with Crippen LogP contribution in [0.2, 0.25) is 5.02 Å². The average molecular weight is 856 g/mol. The monoisotopic (exact) mass is 855 g/mol. The minimum Gasteiger partial charge on any atom is -0.464 e. The summed E-state index contributed by atoms with van der Waals surface area (Å²) < 4.78 is 45.3. The van der Waals surface area contributed by atoms with E-state index in [0.29, 0.717) is 34.0 Å². The number of likely N-dealkylation sites (tertiary alicyclic amines) is 2. The molecule has 0 radical (unpaired) electrons. The summed E-state index contributed by atoms with van der Waals surface area (Å²) in [7, 11) is 1.22. The molecule has 16 heteroatoms. The summed E-state index contributed by atoms with van der Waals surface area (Å²) in [4.78, 5) is 83.0. The van der Waals surface area contributed by atoms with Crippen molar-refractivity contribution >= 4 is 68.7 Å². The van der Waals surface area contributed by atoms with Gasteiger partial charge in [0, 0.05) is 70.5 Å². The number of hydrogen-bond donors (Lipinski definition) is 1. The molecule has 1 N–H and O–H groups in total. The second kappa shape index (κ2) is 16.8. The van der Waals surface area contributed by atoms with Crippen molar-refractivity contribution in [2.24, 2.45) is 5.92 Å². The van der Waals surface area contributed by atoms with Crippen LogP contribution in [-0.4, -0.2) is 105 Å². The number of rotatable bonds is 14. The van der Waals surface area contributed by atoms with Gasteiger partial charge in [0.2, 0.25) is 17.7 Å². The third-order valence-corrected chi connectivity index (χ3v) is 12.5. The Bertz CT molecular complexity index is 2590. The number of ether oxygens (including phenoxy) is 2. The van der Waals surface area contributed by atoms with Crippen LogP contribution in [0.25, 0.3) is 21.8 Å². The minimum absolute atomic E-state index is 0.0219. The lowest BCUT2D eigenvalue weighted by atomic mass is 10.0. The maximum absolute atomic E-state index is 15.6. The summed E-state index contributed by atoms with van der Waals surface area (Å²) in [5, 5.41) is 4.06. The molecular formula is C45H44ClF2N5O8. The molecule has 0 unspecified atom stereocenters. The molecule has 8 rings (SSSR count). The fraction of sp³-hybridized carbons (Fsp3) is 0.378. The first kappa shape index (κ1) is 41.8. The first-order valence-electron chi connectivity index (χ1n) is 20.1. The highest BCUT2D eigenvalue weighted by atomic mass is 35.5. The highest BCUT2D eigenvalue weighted by Gasteiger charge is 2.56. The van der Waals surface area contributed by atoms with E-state index in [2.05, 4.69) is 5.32 Å². The molecule has 1 saturated carbocycles. The second-order valence-electron chi connectivity index (χ2n) is 16.0. The number of esters is 1. The zero-order valence-corrected chi connectivity index (χ0v) is 34.4. The van der Waals surface area contributed by atoms with Gasteiger partial charge in [0.15, 0.2) is 17.6 Å². The van der Waals surface area contributed by atoms with Crippen LogP contribution in [0.5, 0.6) is 0 Å². The fourth-order valence-corrected chi connectivity index (χ4v) is 9.31. The van der Waals surface area contributed by atoms with Crippen molar-refractivity contribution in [3.05, 3.63) is 107 Å². The van der Waals surface area contributed by atoms with Gasteiger partial charge in [-0.15, -0.1) is 0 Å². The highest BCUT2D eigenvalue weighted by molar-refractivity contribution is 6.30. The van der Waals surface area contributed by atoms with E-state index in [0.717, 1.165) is 16.7 Å². The van der Waals surface area contributed by atoms with Gasteiger partial charge in [-0.2, -0.15) is 0 Å². The van der Waals surface area contributed by atoms with Crippen LogP contribution in [0.15, 0.2) is 79.1 Å². The molecule has 3 aliphatic rings. The molecule has 7 atom stereocenters. The molecule has 1 aliphatic carbocycles. The molecule has 3 aromatic carbocycles. The molecule has 13 nitrogen and oxygen atoms in total. The van der Waals surface area contributed by atoms with Crippen LogP contribution in [0.1, 0.15) is 65.4 Å². The molecule has 0 spiro atoms. The number of carbonyl (C=O) groups excluding carboxylic acids is 6. The zero-order chi connectivity index (χ0) is 43.3. The number of para-hydroxylation sites is 2. The van der Waals surface area contributed by atoms with Crippen LogP contribution >= 0.6 is 11.6 Å². The lowest BCUT2D eigenvalue weighted by Gasteiger charge is -2.30. The number of benzene rings is 3. The average Bonchev–Trinajstić information content (AvgIpc) is 3.51. The summed E-state index contributed by atoms with van der Waals surface area (Å²) >= 11 is 6.17. The van der Waals surface area contributed by atoms with Gasteiger partial charge in [-0.3, -0.25) is 24.0 Å². The molecule has 4 heterocycles. The van der Waals surface area contributed by atoms with Crippen LogP contribution in [0.4, 0.5) is 8.78 Å². The minimum atomic E-state index is -1.72. The van der Waals surface area contributed by atoms with Gasteiger partial charge < -0.3 is 33.7 Å². The number of amides is 3. The normalized spacial score (nSPS) is 22.3. The Morgan fingerprint density at radius 2 is 1.44 bits per heavy atom. The molecule has 318 valence electrons. The van der Waals surface area contributed by atoms with E-state index < -0.39 is 60.5 Å². The number of Topliss-reactive ketones (excluding diaryl/α,β-unsaturated/α-hetero) is 2. The first-order chi connectivity index (χ1) is 29.3. The van der Waals surface area contributed by atoms with E-state index in [1.165, 1.54) is 39.2 Å². The largest absolute Gasteiger partial charge is 0.464 e. The van der Waals surface area contributed by atoms with Crippen molar-refractivity contribution in [2.75, 3.05) is 20.3 Å². The predicted molar refractivity (Wildman–Crippen MR) is 220 cm³/mol. The quantitative estimate of drug-likeness (QED) is 0.108. The first-order valence-corrected chi connectivity index (χ1v) is 20.5. The van der Waals surface area contributed by atoms with E-state index in [-0.39, 0.29) is 66.1 Å². The third-order valence-electron chi connectivity index (χ3n) is 12.2. The summed E-state index contributed by atoms with van der Waals surface area (Å²) in [6.45, 7) is 1.65. The fourth-order valence-electron chi connectivity index (χ4n) is 9.13. The van der Waals surface area contributed by atoms with Crippen molar-refractivity contribution in [2.45, 2.75) is 82.6 Å². The number of carbonyl (C=O) groups is 6. The Morgan fingerprint density at radius 1 is 0.836 bits per heavy atom.